The average Bonchev–Trinajstić information content (AvgIpc) is 3.07. The molecule has 0 spiro atoms. The number of carbonyl (C=O) groups is 2. The molecule has 1 fully saturated rings. The van der Waals surface area contributed by atoms with Gasteiger partial charge in [-0.2, -0.15) is 0 Å². The van der Waals surface area contributed by atoms with Gasteiger partial charge in [-0.15, -0.1) is 0 Å². The molecule has 3 heteroatoms. The van der Waals surface area contributed by atoms with Crippen molar-refractivity contribution in [1.29, 1.82) is 0 Å². The molecule has 188 valence electrons. The number of fused-ring (bicyclic) bond motifs is 4. The highest BCUT2D eigenvalue weighted by molar-refractivity contribution is 5.96. The van der Waals surface area contributed by atoms with Crippen LogP contribution in [0.15, 0.2) is 34.9 Å². The number of methoxy groups -OCH3 is 1. The molecule has 0 radical (unpaired) electrons. The van der Waals surface area contributed by atoms with Gasteiger partial charge in [0.25, 0.3) is 0 Å². The lowest BCUT2D eigenvalue weighted by atomic mass is 9.44. The first-order valence-electron chi connectivity index (χ1n) is 13.5. The van der Waals surface area contributed by atoms with Gasteiger partial charge >= 0.3 is 5.97 Å². The van der Waals surface area contributed by atoms with Gasteiger partial charge in [-0.05, 0) is 93.0 Å². The maximum absolute atomic E-state index is 12.7. The van der Waals surface area contributed by atoms with E-state index >= 15 is 0 Å². The summed E-state index contributed by atoms with van der Waals surface area (Å²) in [7, 11) is 1.45. The molecule has 4 aliphatic carbocycles. The summed E-state index contributed by atoms with van der Waals surface area (Å²) < 4.78 is 4.85. The van der Waals surface area contributed by atoms with Crippen molar-refractivity contribution in [2.24, 2.45) is 39.4 Å². The van der Waals surface area contributed by atoms with Gasteiger partial charge in [0.15, 0.2) is 5.78 Å². The fourth-order valence-electron chi connectivity index (χ4n) is 8.99. The molecule has 0 bridgehead atoms. The zero-order valence-electron chi connectivity index (χ0n) is 22.8. The van der Waals surface area contributed by atoms with Crippen molar-refractivity contribution in [2.45, 2.75) is 99.8 Å². The van der Waals surface area contributed by atoms with Crippen LogP contribution >= 0.6 is 0 Å². The summed E-state index contributed by atoms with van der Waals surface area (Å²) in [5.41, 5.74) is 4.46. The van der Waals surface area contributed by atoms with E-state index in [0.29, 0.717) is 29.0 Å². The zero-order valence-corrected chi connectivity index (χ0v) is 22.8. The standard InChI is InChI=1S/C31H46O3/c1-20(10-9-11-21(2)27(33)34-8)22-14-18-31(7)24-12-13-25-28(3,4)26(32)16-17-29(25,5)23(24)15-19-30(22,31)6/h11,16-17,20,22,25H,9-10,12-15,18-19H2,1-8H3/b21-11+/t20-,22-,25+,29-,30-,31+/m1/s1. The molecule has 6 atom stereocenters. The van der Waals surface area contributed by atoms with Crippen LogP contribution in [0.4, 0.5) is 0 Å². The van der Waals surface area contributed by atoms with Crippen LogP contribution in [-0.4, -0.2) is 18.9 Å². The molecule has 0 aromatic carbocycles. The molecule has 0 saturated heterocycles. The lowest BCUT2D eigenvalue weighted by Gasteiger charge is -2.59. The van der Waals surface area contributed by atoms with Crippen LogP contribution in [0.5, 0.6) is 0 Å². The summed E-state index contributed by atoms with van der Waals surface area (Å²) >= 11 is 0. The Morgan fingerprint density at radius 1 is 1.12 bits per heavy atom. The first kappa shape index (κ1) is 25.5. The zero-order chi connectivity index (χ0) is 25.1. The molecule has 0 aliphatic heterocycles. The van der Waals surface area contributed by atoms with E-state index in [1.807, 2.05) is 13.0 Å². The van der Waals surface area contributed by atoms with Crippen molar-refractivity contribution in [3.05, 3.63) is 34.9 Å². The summed E-state index contributed by atoms with van der Waals surface area (Å²) in [6, 6.07) is 0. The first-order valence-corrected chi connectivity index (χ1v) is 13.5. The minimum atomic E-state index is -0.272. The maximum atomic E-state index is 12.7. The van der Waals surface area contributed by atoms with E-state index in [0.717, 1.165) is 31.3 Å². The summed E-state index contributed by atoms with van der Waals surface area (Å²) in [5, 5.41) is 0. The third-order valence-electron chi connectivity index (χ3n) is 11.4. The number of esters is 1. The van der Waals surface area contributed by atoms with Crippen LogP contribution in [0.3, 0.4) is 0 Å². The average molecular weight is 467 g/mol. The van der Waals surface area contributed by atoms with Gasteiger partial charge in [-0.1, -0.05) is 64.8 Å². The van der Waals surface area contributed by atoms with Crippen molar-refractivity contribution in [1.82, 2.24) is 0 Å². The molecule has 0 amide bonds. The largest absolute Gasteiger partial charge is 0.466 e. The molecule has 4 aliphatic rings. The minimum Gasteiger partial charge on any atom is -0.466 e. The monoisotopic (exact) mass is 466 g/mol. The fraction of sp³-hybridized carbons (Fsp3) is 0.742. The Morgan fingerprint density at radius 2 is 1.82 bits per heavy atom. The predicted molar refractivity (Wildman–Crippen MR) is 138 cm³/mol. The van der Waals surface area contributed by atoms with E-state index in [1.165, 1.54) is 32.8 Å². The minimum absolute atomic E-state index is 0.0231. The quantitative estimate of drug-likeness (QED) is 0.238. The second-order valence-corrected chi connectivity index (χ2v) is 13.1. The van der Waals surface area contributed by atoms with Gasteiger partial charge in [0.2, 0.25) is 0 Å². The highest BCUT2D eigenvalue weighted by Gasteiger charge is 2.62. The molecular formula is C31H46O3. The Hall–Kier alpha value is -1.64. The second kappa shape index (κ2) is 8.49. The Labute approximate surface area is 207 Å². The maximum Gasteiger partial charge on any atom is 0.333 e. The number of ketones is 1. The third kappa shape index (κ3) is 3.51. The van der Waals surface area contributed by atoms with Gasteiger partial charge in [0.05, 0.1) is 7.11 Å². The van der Waals surface area contributed by atoms with Gasteiger partial charge in [-0.25, -0.2) is 4.79 Å². The van der Waals surface area contributed by atoms with Crippen LogP contribution in [0.25, 0.3) is 0 Å². The number of hydrogen-bond donors (Lipinski definition) is 0. The van der Waals surface area contributed by atoms with Crippen LogP contribution < -0.4 is 0 Å². The number of carbonyl (C=O) groups excluding carboxylic acids is 2. The highest BCUT2D eigenvalue weighted by atomic mass is 16.5. The van der Waals surface area contributed by atoms with E-state index in [1.54, 1.807) is 11.1 Å². The normalized spacial score (nSPS) is 39.9. The highest BCUT2D eigenvalue weighted by Crippen LogP contribution is 2.71. The summed E-state index contributed by atoms with van der Waals surface area (Å²) in [5.74, 6) is 1.84. The van der Waals surface area contributed by atoms with Crippen molar-refractivity contribution in [3.8, 4) is 0 Å². The lowest BCUT2D eigenvalue weighted by molar-refractivity contribution is -0.136. The topological polar surface area (TPSA) is 43.4 Å². The van der Waals surface area contributed by atoms with Crippen LogP contribution in [0.1, 0.15) is 99.8 Å². The number of ether oxygens (including phenoxy) is 1. The molecule has 4 rings (SSSR count). The fourth-order valence-corrected chi connectivity index (χ4v) is 8.99. The van der Waals surface area contributed by atoms with E-state index in [9.17, 15) is 9.59 Å². The molecular weight excluding hydrogens is 420 g/mol. The van der Waals surface area contributed by atoms with Crippen LogP contribution in [-0.2, 0) is 14.3 Å². The summed E-state index contributed by atoms with van der Waals surface area (Å²) in [6.07, 6.45) is 15.6. The SMILES string of the molecule is COC(=O)/C(C)=C/CC[C@@H](C)[C@H]1CC[C@@]2(C)C3=C(CC[C@]12C)[C@@]1(C)C=CC(=O)C(C)(C)[C@@H]1CC3. The molecule has 0 unspecified atom stereocenters. The van der Waals surface area contributed by atoms with Crippen molar-refractivity contribution >= 4 is 11.8 Å². The second-order valence-electron chi connectivity index (χ2n) is 13.1. The van der Waals surface area contributed by atoms with Crippen LogP contribution in [0, 0.1) is 39.4 Å². The Balaban J connectivity index is 1.60. The Bertz CT molecular complexity index is 965. The molecule has 1 saturated carbocycles. The lowest BCUT2D eigenvalue weighted by Crippen LogP contribution is -2.52. The van der Waals surface area contributed by atoms with E-state index in [4.69, 9.17) is 4.74 Å². The van der Waals surface area contributed by atoms with E-state index < -0.39 is 0 Å². The van der Waals surface area contributed by atoms with Gasteiger partial charge < -0.3 is 4.74 Å². The van der Waals surface area contributed by atoms with Crippen molar-refractivity contribution < 1.29 is 14.3 Å². The van der Waals surface area contributed by atoms with Crippen molar-refractivity contribution in [2.75, 3.05) is 7.11 Å². The van der Waals surface area contributed by atoms with Crippen LogP contribution in [0.2, 0.25) is 0 Å². The number of allylic oxidation sites excluding steroid dienone is 5. The summed E-state index contributed by atoms with van der Waals surface area (Å²) in [6.45, 7) is 16.2. The number of rotatable bonds is 5. The molecule has 0 aromatic heterocycles. The first-order chi connectivity index (χ1) is 15.8. The smallest absolute Gasteiger partial charge is 0.333 e. The molecule has 0 aromatic rings. The van der Waals surface area contributed by atoms with Gasteiger partial charge in [0.1, 0.15) is 0 Å². The Morgan fingerprint density at radius 3 is 2.50 bits per heavy atom. The molecule has 0 N–H and O–H groups in total. The van der Waals surface area contributed by atoms with E-state index in [2.05, 4.69) is 53.7 Å². The third-order valence-corrected chi connectivity index (χ3v) is 11.4. The van der Waals surface area contributed by atoms with Gasteiger partial charge in [0, 0.05) is 16.4 Å². The predicted octanol–water partition coefficient (Wildman–Crippen LogP) is 7.62. The van der Waals surface area contributed by atoms with Crippen molar-refractivity contribution in [3.63, 3.8) is 0 Å². The number of hydrogen-bond acceptors (Lipinski definition) is 3. The molecule has 0 heterocycles. The van der Waals surface area contributed by atoms with E-state index in [-0.39, 0.29) is 22.2 Å². The molecule has 3 nitrogen and oxygen atoms in total. The Kier molecular flexibility index (Phi) is 6.35. The van der Waals surface area contributed by atoms with Gasteiger partial charge in [-0.3, -0.25) is 4.79 Å². The summed E-state index contributed by atoms with van der Waals surface area (Å²) in [4.78, 5) is 24.5. The molecule has 34 heavy (non-hydrogen) atoms.